The summed E-state index contributed by atoms with van der Waals surface area (Å²) in [5, 5.41) is 0. The first-order valence-corrected chi connectivity index (χ1v) is 7.01. The summed E-state index contributed by atoms with van der Waals surface area (Å²) in [7, 11) is 3.27. The number of methoxy groups -OCH3 is 1. The second-order valence-corrected chi connectivity index (χ2v) is 4.86. The highest BCUT2D eigenvalue weighted by atomic mass is 16.5. The van der Waals surface area contributed by atoms with Gasteiger partial charge in [0.15, 0.2) is 0 Å². The lowest BCUT2D eigenvalue weighted by Gasteiger charge is -2.17. The first kappa shape index (κ1) is 17.0. The van der Waals surface area contributed by atoms with E-state index in [9.17, 15) is 9.59 Å². The predicted octanol–water partition coefficient (Wildman–Crippen LogP) is 1.96. The summed E-state index contributed by atoms with van der Waals surface area (Å²) in [5.74, 6) is 0.362. The third-order valence-corrected chi connectivity index (χ3v) is 3.16. The fraction of sp³-hybridized carbons (Fsp3) is 0.500. The molecule has 0 saturated heterocycles. The van der Waals surface area contributed by atoms with Crippen molar-refractivity contribution in [3.63, 3.8) is 0 Å². The lowest BCUT2D eigenvalue weighted by atomic mass is 10.1. The number of carbonyl (C=O) groups is 2. The van der Waals surface area contributed by atoms with Crippen molar-refractivity contribution in [2.75, 3.05) is 27.3 Å². The Bertz CT molecular complexity index is 499. The minimum Gasteiger partial charge on any atom is -0.496 e. The smallest absolute Gasteiger partial charge is 0.307 e. The maximum atomic E-state index is 12.2. The van der Waals surface area contributed by atoms with E-state index in [2.05, 4.69) is 0 Å². The van der Waals surface area contributed by atoms with Crippen molar-refractivity contribution in [2.45, 2.75) is 26.7 Å². The van der Waals surface area contributed by atoms with Crippen LogP contribution in [0.25, 0.3) is 0 Å². The molecular formula is C16H23NO4. The van der Waals surface area contributed by atoms with Crippen molar-refractivity contribution < 1.29 is 19.1 Å². The summed E-state index contributed by atoms with van der Waals surface area (Å²) in [6.45, 7) is 4.44. The molecule has 5 heteroatoms. The molecule has 0 aliphatic rings. The Morgan fingerprint density at radius 3 is 2.62 bits per heavy atom. The highest BCUT2D eigenvalue weighted by Gasteiger charge is 2.14. The fourth-order valence-electron chi connectivity index (χ4n) is 1.96. The summed E-state index contributed by atoms with van der Waals surface area (Å²) < 4.78 is 10.1. The summed E-state index contributed by atoms with van der Waals surface area (Å²) in [6, 6.07) is 5.74. The van der Waals surface area contributed by atoms with Crippen molar-refractivity contribution >= 4 is 11.9 Å². The van der Waals surface area contributed by atoms with E-state index in [1.807, 2.05) is 25.1 Å². The van der Waals surface area contributed by atoms with E-state index in [1.165, 1.54) is 0 Å². The number of hydrogen-bond donors (Lipinski definition) is 0. The number of benzene rings is 1. The summed E-state index contributed by atoms with van der Waals surface area (Å²) in [5.41, 5.74) is 1.93. The van der Waals surface area contributed by atoms with Crippen LogP contribution in [0.3, 0.4) is 0 Å². The molecule has 0 N–H and O–H groups in total. The fourth-order valence-corrected chi connectivity index (χ4v) is 1.96. The maximum absolute atomic E-state index is 12.2. The Labute approximate surface area is 125 Å². The van der Waals surface area contributed by atoms with E-state index in [4.69, 9.17) is 9.47 Å². The first-order valence-electron chi connectivity index (χ1n) is 7.01. The SMILES string of the molecule is CCOC(=O)CCN(C)C(=O)Cc1cc(C)ccc1OC. The van der Waals surface area contributed by atoms with Crippen molar-refractivity contribution in [1.82, 2.24) is 4.90 Å². The van der Waals surface area contributed by atoms with Gasteiger partial charge in [0, 0.05) is 19.2 Å². The van der Waals surface area contributed by atoms with Crippen LogP contribution in [-0.4, -0.2) is 44.1 Å². The quantitative estimate of drug-likeness (QED) is 0.721. The zero-order valence-electron chi connectivity index (χ0n) is 13.1. The molecular weight excluding hydrogens is 270 g/mol. The zero-order chi connectivity index (χ0) is 15.8. The van der Waals surface area contributed by atoms with Gasteiger partial charge in [-0.25, -0.2) is 0 Å². The van der Waals surface area contributed by atoms with Gasteiger partial charge in [-0.3, -0.25) is 9.59 Å². The van der Waals surface area contributed by atoms with E-state index in [1.54, 1.807) is 26.0 Å². The number of carbonyl (C=O) groups excluding carboxylic acids is 2. The van der Waals surface area contributed by atoms with Gasteiger partial charge >= 0.3 is 5.97 Å². The van der Waals surface area contributed by atoms with E-state index < -0.39 is 0 Å². The van der Waals surface area contributed by atoms with Gasteiger partial charge in [0.1, 0.15) is 5.75 Å². The Hall–Kier alpha value is -2.04. The summed E-state index contributed by atoms with van der Waals surface area (Å²) >= 11 is 0. The Kier molecular flexibility index (Phi) is 6.72. The van der Waals surface area contributed by atoms with Crippen molar-refractivity contribution in [2.24, 2.45) is 0 Å². The van der Waals surface area contributed by atoms with Crippen LogP contribution >= 0.6 is 0 Å². The zero-order valence-corrected chi connectivity index (χ0v) is 13.1. The van der Waals surface area contributed by atoms with Crippen molar-refractivity contribution in [3.8, 4) is 5.75 Å². The minimum atomic E-state index is -0.287. The average Bonchev–Trinajstić information content (AvgIpc) is 2.45. The van der Waals surface area contributed by atoms with E-state index in [0.717, 1.165) is 11.1 Å². The molecule has 0 saturated carbocycles. The topological polar surface area (TPSA) is 55.8 Å². The van der Waals surface area contributed by atoms with Crippen LogP contribution in [0, 0.1) is 6.92 Å². The molecule has 0 heterocycles. The molecule has 1 rings (SSSR count). The monoisotopic (exact) mass is 293 g/mol. The molecule has 0 spiro atoms. The van der Waals surface area contributed by atoms with Crippen LogP contribution in [0.1, 0.15) is 24.5 Å². The first-order chi connectivity index (χ1) is 9.97. The largest absolute Gasteiger partial charge is 0.496 e. The molecule has 0 aromatic heterocycles. The molecule has 0 unspecified atom stereocenters. The molecule has 0 bridgehead atoms. The average molecular weight is 293 g/mol. The number of aryl methyl sites for hydroxylation is 1. The van der Waals surface area contributed by atoms with Crippen LogP contribution in [0.2, 0.25) is 0 Å². The molecule has 0 fully saturated rings. The Morgan fingerprint density at radius 2 is 2.00 bits per heavy atom. The lowest BCUT2D eigenvalue weighted by molar-refractivity contribution is -0.143. The van der Waals surface area contributed by atoms with Gasteiger partial charge in [-0.15, -0.1) is 0 Å². The van der Waals surface area contributed by atoms with Crippen molar-refractivity contribution in [1.29, 1.82) is 0 Å². The van der Waals surface area contributed by atoms with Gasteiger partial charge < -0.3 is 14.4 Å². The Morgan fingerprint density at radius 1 is 1.29 bits per heavy atom. The number of amides is 1. The third-order valence-electron chi connectivity index (χ3n) is 3.16. The van der Waals surface area contributed by atoms with Gasteiger partial charge in [-0.1, -0.05) is 17.7 Å². The second kappa shape index (κ2) is 8.29. The standard InChI is InChI=1S/C16H23NO4/c1-5-21-16(19)8-9-17(3)15(18)11-13-10-12(2)6-7-14(13)20-4/h6-7,10H,5,8-9,11H2,1-4H3. The van der Waals surface area contributed by atoms with Crippen LogP contribution in [0.5, 0.6) is 5.75 Å². The normalized spacial score (nSPS) is 10.1. The molecule has 0 radical (unpaired) electrons. The van der Waals surface area contributed by atoms with Gasteiger partial charge in [0.05, 0.1) is 26.6 Å². The number of nitrogens with zero attached hydrogens (tertiary/aromatic N) is 1. The highest BCUT2D eigenvalue weighted by Crippen LogP contribution is 2.20. The predicted molar refractivity (Wildman–Crippen MR) is 80.3 cm³/mol. The van der Waals surface area contributed by atoms with Crippen molar-refractivity contribution in [3.05, 3.63) is 29.3 Å². The number of esters is 1. The van der Waals surface area contributed by atoms with Crippen LogP contribution in [0.15, 0.2) is 18.2 Å². The van der Waals surface area contributed by atoms with Crippen LogP contribution < -0.4 is 4.74 Å². The van der Waals surface area contributed by atoms with Gasteiger partial charge in [0.25, 0.3) is 0 Å². The molecule has 0 aliphatic carbocycles. The van der Waals surface area contributed by atoms with E-state index in [-0.39, 0.29) is 24.7 Å². The van der Waals surface area contributed by atoms with Gasteiger partial charge in [0.2, 0.25) is 5.91 Å². The number of rotatable bonds is 7. The molecule has 5 nitrogen and oxygen atoms in total. The van der Waals surface area contributed by atoms with Crippen LogP contribution in [0.4, 0.5) is 0 Å². The minimum absolute atomic E-state index is 0.0526. The van der Waals surface area contributed by atoms with E-state index >= 15 is 0 Å². The summed E-state index contributed by atoms with van der Waals surface area (Å²) in [6.07, 6.45) is 0.464. The molecule has 1 aromatic rings. The number of ether oxygens (including phenoxy) is 2. The molecule has 116 valence electrons. The molecule has 0 atom stereocenters. The van der Waals surface area contributed by atoms with E-state index in [0.29, 0.717) is 18.9 Å². The third kappa shape index (κ3) is 5.45. The molecule has 0 aliphatic heterocycles. The number of likely N-dealkylation sites (N-methyl/N-ethyl adjacent to an activating group) is 1. The van der Waals surface area contributed by atoms with Gasteiger partial charge in [-0.05, 0) is 19.9 Å². The van der Waals surface area contributed by atoms with Crippen LogP contribution in [-0.2, 0) is 20.7 Å². The summed E-state index contributed by atoms with van der Waals surface area (Å²) in [4.78, 5) is 25.0. The van der Waals surface area contributed by atoms with Gasteiger partial charge in [-0.2, -0.15) is 0 Å². The number of hydrogen-bond acceptors (Lipinski definition) is 4. The lowest BCUT2D eigenvalue weighted by Crippen LogP contribution is -2.30. The molecule has 1 aromatic carbocycles. The molecule has 1 amide bonds. The Balaban J connectivity index is 2.60. The maximum Gasteiger partial charge on any atom is 0.307 e. The second-order valence-electron chi connectivity index (χ2n) is 4.86. The highest BCUT2D eigenvalue weighted by molar-refractivity contribution is 5.80. The molecule has 21 heavy (non-hydrogen) atoms.